The smallest absolute Gasteiger partial charge is 0.255 e. The Morgan fingerprint density at radius 3 is 0.826 bits per heavy atom. The molecule has 7 rings (SSSR count). The number of ether oxygens (including phenoxy) is 6. The molecule has 0 spiro atoms. The number of nitrogens with two attached hydrogens (primary N) is 4. The van der Waals surface area contributed by atoms with Crippen LogP contribution in [0.4, 0.5) is 0 Å². The lowest BCUT2D eigenvalue weighted by molar-refractivity contribution is 0.0882. The molecule has 92 heavy (non-hydrogen) atoms. The van der Waals surface area contributed by atoms with Gasteiger partial charge in [-0.3, -0.25) is 28.8 Å². The van der Waals surface area contributed by atoms with Crippen molar-refractivity contribution in [1.82, 2.24) is 37.2 Å². The molecule has 4 fully saturated rings. The molecule has 3 saturated carbocycles. The fourth-order valence-electron chi connectivity index (χ4n) is 12.5. The Kier molecular flexibility index (Phi) is 31.2. The van der Waals surface area contributed by atoms with Gasteiger partial charge in [-0.05, 0) is 212 Å². The molecule has 15 N–H and O–H groups in total. The molecule has 4 aliphatic rings. The van der Waals surface area contributed by atoms with E-state index in [9.17, 15) is 28.8 Å². The molecule has 0 atom stereocenters. The molecule has 0 unspecified atom stereocenters. The molecule has 23 nitrogen and oxygen atoms in total. The second-order valence-corrected chi connectivity index (χ2v) is 25.0. The number of hydrogen-bond acceptors (Lipinski definition) is 17. The molecule has 23 heteroatoms. The number of rotatable bonds is 38. The van der Waals surface area contributed by atoms with Gasteiger partial charge < -0.3 is 88.6 Å². The predicted molar refractivity (Wildman–Crippen MR) is 356 cm³/mol. The Morgan fingerprint density at radius 1 is 0.326 bits per heavy atom. The minimum absolute atomic E-state index is 0.0191. The maximum Gasteiger partial charge on any atom is 0.255 e. The molecule has 3 aromatic rings. The highest BCUT2D eigenvalue weighted by Gasteiger charge is 2.32. The normalized spacial score (nSPS) is 18.6. The zero-order valence-corrected chi connectivity index (χ0v) is 54.8. The first-order valence-corrected chi connectivity index (χ1v) is 34.4. The highest BCUT2D eigenvalue weighted by atomic mass is 16.5. The van der Waals surface area contributed by atoms with Crippen molar-refractivity contribution in [2.45, 2.75) is 210 Å². The highest BCUT2D eigenvalue weighted by molar-refractivity contribution is 6.05. The van der Waals surface area contributed by atoms with Gasteiger partial charge in [0.25, 0.3) is 35.4 Å². The van der Waals surface area contributed by atoms with E-state index in [1.807, 2.05) is 0 Å². The van der Waals surface area contributed by atoms with Crippen LogP contribution in [-0.2, 0) is 0 Å². The van der Waals surface area contributed by atoms with Gasteiger partial charge in [0.1, 0.15) is 34.5 Å². The molecular formula is C69H107N11O12. The quantitative estimate of drug-likeness (QED) is 0.0252. The minimum atomic E-state index is -0.426. The maximum absolute atomic E-state index is 14.4. The lowest BCUT2D eigenvalue weighted by Gasteiger charge is -2.30. The van der Waals surface area contributed by atoms with Crippen LogP contribution in [0.25, 0.3) is 0 Å². The lowest BCUT2D eigenvalue weighted by atomic mass is 9.90. The van der Waals surface area contributed by atoms with Crippen molar-refractivity contribution in [2.24, 2.45) is 22.9 Å². The van der Waals surface area contributed by atoms with E-state index < -0.39 is 11.8 Å². The summed E-state index contributed by atoms with van der Waals surface area (Å²) < 4.78 is 36.5. The van der Waals surface area contributed by atoms with Crippen LogP contribution in [0.15, 0.2) is 36.4 Å². The van der Waals surface area contributed by atoms with Gasteiger partial charge in [-0.15, -0.1) is 0 Å². The van der Waals surface area contributed by atoms with Gasteiger partial charge >= 0.3 is 0 Å². The topological polar surface area (TPSA) is 346 Å². The highest BCUT2D eigenvalue weighted by Crippen LogP contribution is 2.35. The summed E-state index contributed by atoms with van der Waals surface area (Å²) in [5, 5.41) is 22.4. The van der Waals surface area contributed by atoms with Crippen molar-refractivity contribution >= 4 is 35.4 Å². The van der Waals surface area contributed by atoms with Crippen molar-refractivity contribution in [3.63, 3.8) is 0 Å². The molecular weight excluding hydrogens is 1170 g/mol. The number of piperidine rings is 1. The minimum Gasteiger partial charge on any atom is -0.496 e. The predicted octanol–water partition coefficient (Wildman–Crippen LogP) is 7.22. The lowest BCUT2D eigenvalue weighted by Crippen LogP contribution is -2.44. The summed E-state index contributed by atoms with van der Waals surface area (Å²) in [6, 6.07) is 8.65. The van der Waals surface area contributed by atoms with Crippen LogP contribution in [-0.4, -0.2) is 152 Å². The van der Waals surface area contributed by atoms with Gasteiger partial charge in [0, 0.05) is 54.5 Å². The third-order valence-corrected chi connectivity index (χ3v) is 18.0. The number of nitrogens with one attached hydrogen (secondary N) is 7. The third kappa shape index (κ3) is 22.7. The molecule has 0 aromatic heterocycles. The molecule has 3 aromatic carbocycles. The van der Waals surface area contributed by atoms with Gasteiger partial charge in [-0.25, -0.2) is 0 Å². The summed E-state index contributed by atoms with van der Waals surface area (Å²) in [6.45, 7) is 5.37. The monoisotopic (exact) mass is 1280 g/mol. The largest absolute Gasteiger partial charge is 0.496 e. The Morgan fingerprint density at radius 2 is 0.565 bits per heavy atom. The molecule has 1 saturated heterocycles. The SMILES string of the molecule is COc1cc(OC)c(C(=O)N[C@H]2CC[C@@H](NC(=O)c3cc(C(=O)NC4CCNCC4)c(OCCCCCN)cc3OCCCCCN)CC2)cc1C(=O)N[C@H]1CC[C@@H](NC(=O)c2cc(C(=O)NC3CCCCC3)c(OCCCCCN)cc2OCCCCCN)CC1. The van der Waals surface area contributed by atoms with Crippen LogP contribution in [0.1, 0.15) is 236 Å². The van der Waals surface area contributed by atoms with Gasteiger partial charge in [0.15, 0.2) is 0 Å². The van der Waals surface area contributed by atoms with Gasteiger partial charge in [0.2, 0.25) is 0 Å². The second-order valence-electron chi connectivity index (χ2n) is 25.0. The van der Waals surface area contributed by atoms with Crippen LogP contribution in [0.2, 0.25) is 0 Å². The zero-order chi connectivity index (χ0) is 65.5. The molecule has 3 aliphatic carbocycles. The summed E-state index contributed by atoms with van der Waals surface area (Å²) in [5.41, 5.74) is 24.3. The van der Waals surface area contributed by atoms with E-state index in [0.717, 1.165) is 135 Å². The number of unbranched alkanes of at least 4 members (excludes halogenated alkanes) is 8. The summed E-state index contributed by atoms with van der Waals surface area (Å²) in [6.07, 6.45) is 21.0. The molecule has 6 amide bonds. The Labute approximate surface area is 544 Å². The van der Waals surface area contributed by atoms with Crippen LogP contribution in [0, 0.1) is 0 Å². The Balaban J connectivity index is 0.971. The molecule has 1 aliphatic heterocycles. The number of methoxy groups -OCH3 is 2. The van der Waals surface area contributed by atoms with E-state index >= 15 is 0 Å². The summed E-state index contributed by atoms with van der Waals surface area (Å²) in [7, 11) is 2.90. The number of carbonyl (C=O) groups excluding carboxylic acids is 6. The van der Waals surface area contributed by atoms with Crippen LogP contribution in [0.3, 0.4) is 0 Å². The summed E-state index contributed by atoms with van der Waals surface area (Å²) in [5.74, 6) is -0.346. The number of amides is 6. The summed E-state index contributed by atoms with van der Waals surface area (Å²) >= 11 is 0. The van der Waals surface area contributed by atoms with E-state index in [1.54, 1.807) is 24.3 Å². The number of hydrogen-bond donors (Lipinski definition) is 11. The van der Waals surface area contributed by atoms with E-state index in [4.69, 9.17) is 51.4 Å². The van der Waals surface area contributed by atoms with Crippen molar-refractivity contribution in [3.8, 4) is 34.5 Å². The van der Waals surface area contributed by atoms with Crippen LogP contribution < -0.4 is 88.6 Å². The first-order valence-electron chi connectivity index (χ1n) is 34.4. The standard InChI is InChI=1S/C69H107N11O12/c1-87-58-43-59(88-2)53(65(82)77-48-22-26-50(27-23-48)79-68(85)56-42-57(69(86)80-51-28-34-74-35-29-51)63(92-39-17-7-13-33-73)45-62(56)91-38-16-6-12-32-72)40-52(58)64(81)76-47-20-24-49(25-21-47)78-67(84)55-41-54(66(83)75-46-18-8-3-9-19-46)60(89-36-14-4-10-30-70)44-61(55)90-37-15-5-11-31-71/h40-51,74H,3-39,70-73H2,1-2H3,(H,75,83)(H,76,81)(H,77,82)(H,78,84)(H,79,85)(H,80,86)/t47-,48-,49+,50+. The first kappa shape index (κ1) is 72.5. The summed E-state index contributed by atoms with van der Waals surface area (Å²) in [4.78, 5) is 85.2. The van der Waals surface area contributed by atoms with Gasteiger partial charge in [-0.2, -0.15) is 0 Å². The number of benzene rings is 3. The molecule has 1 heterocycles. The second kappa shape index (κ2) is 39.6. The average Bonchev–Trinajstić information content (AvgIpc) is 0.851. The van der Waals surface area contributed by atoms with Crippen LogP contribution in [0.5, 0.6) is 34.5 Å². The van der Waals surface area contributed by atoms with E-state index in [1.165, 1.54) is 26.4 Å². The third-order valence-electron chi connectivity index (χ3n) is 18.0. The Hall–Kier alpha value is -6.92. The van der Waals surface area contributed by atoms with E-state index in [-0.39, 0.29) is 105 Å². The fraction of sp³-hybridized carbons (Fsp3) is 0.652. The van der Waals surface area contributed by atoms with Crippen molar-refractivity contribution in [1.29, 1.82) is 0 Å². The fourth-order valence-corrected chi connectivity index (χ4v) is 12.5. The van der Waals surface area contributed by atoms with Crippen molar-refractivity contribution in [3.05, 3.63) is 69.8 Å². The average molecular weight is 1280 g/mol. The van der Waals surface area contributed by atoms with E-state index in [2.05, 4.69) is 37.2 Å². The van der Waals surface area contributed by atoms with Crippen molar-refractivity contribution < 1.29 is 57.2 Å². The molecule has 0 radical (unpaired) electrons. The maximum atomic E-state index is 14.4. The van der Waals surface area contributed by atoms with E-state index in [0.29, 0.717) is 127 Å². The van der Waals surface area contributed by atoms with Crippen LogP contribution >= 0.6 is 0 Å². The van der Waals surface area contributed by atoms with Crippen molar-refractivity contribution in [2.75, 3.05) is 79.9 Å². The van der Waals surface area contributed by atoms with Gasteiger partial charge in [-0.1, -0.05) is 19.3 Å². The molecule has 510 valence electrons. The Bertz CT molecular complexity index is 2630. The van der Waals surface area contributed by atoms with Gasteiger partial charge in [0.05, 0.1) is 74.0 Å². The number of carbonyl (C=O) groups is 6. The first-order chi connectivity index (χ1) is 44.9. The molecule has 0 bridgehead atoms. The zero-order valence-electron chi connectivity index (χ0n) is 54.8.